The van der Waals surface area contributed by atoms with Crippen molar-refractivity contribution in [3.05, 3.63) is 28.3 Å². The maximum absolute atomic E-state index is 11.9. The van der Waals surface area contributed by atoms with Gasteiger partial charge in [0.05, 0.1) is 11.0 Å². The monoisotopic (exact) mass is 339 g/mol. The van der Waals surface area contributed by atoms with Crippen LogP contribution in [0.25, 0.3) is 0 Å². The molecule has 5 nitrogen and oxygen atoms in total. The van der Waals surface area contributed by atoms with Crippen LogP contribution in [0, 0.1) is 6.92 Å². The van der Waals surface area contributed by atoms with E-state index < -0.39 is 15.0 Å². The Morgan fingerprint density at radius 2 is 2.05 bits per heavy atom. The first-order valence-electron chi connectivity index (χ1n) is 5.72. The molecule has 0 aliphatic carbocycles. The van der Waals surface area contributed by atoms with Crippen molar-refractivity contribution in [2.75, 3.05) is 13.7 Å². The molecule has 1 amide bonds. The molecule has 112 valence electrons. The molecule has 0 saturated carbocycles. The molecule has 1 aromatic carbocycles. The van der Waals surface area contributed by atoms with E-state index in [2.05, 4.69) is 5.32 Å². The van der Waals surface area contributed by atoms with E-state index in [1.54, 1.807) is 6.92 Å². The Balaban J connectivity index is 3.09. The molecule has 0 heterocycles. The summed E-state index contributed by atoms with van der Waals surface area (Å²) >= 11 is 5.93. The number of benzene rings is 1. The standard InChI is InChI=1S/C12H15Cl2NO4S/c1-7(19-3)6-15-12(16)9-4-10(13)8(2)11(5-9)20(14,17)18/h4-5,7H,6H2,1-3H3,(H,15,16). The summed E-state index contributed by atoms with van der Waals surface area (Å²) in [4.78, 5) is 11.8. The van der Waals surface area contributed by atoms with E-state index in [1.165, 1.54) is 26.2 Å². The largest absolute Gasteiger partial charge is 0.380 e. The van der Waals surface area contributed by atoms with Gasteiger partial charge in [-0.1, -0.05) is 11.6 Å². The first-order chi connectivity index (χ1) is 9.16. The molecule has 1 unspecified atom stereocenters. The number of methoxy groups -OCH3 is 1. The van der Waals surface area contributed by atoms with Gasteiger partial charge in [-0.05, 0) is 31.5 Å². The molecular formula is C12H15Cl2NO4S. The lowest BCUT2D eigenvalue weighted by molar-refractivity contribution is 0.0870. The number of amides is 1. The summed E-state index contributed by atoms with van der Waals surface area (Å²) in [5.41, 5.74) is 0.437. The van der Waals surface area contributed by atoms with Crippen molar-refractivity contribution in [3.63, 3.8) is 0 Å². The van der Waals surface area contributed by atoms with Crippen LogP contribution in [0.5, 0.6) is 0 Å². The van der Waals surface area contributed by atoms with E-state index in [0.717, 1.165) is 0 Å². The molecule has 0 saturated heterocycles. The third-order valence-electron chi connectivity index (χ3n) is 2.77. The van der Waals surface area contributed by atoms with E-state index in [-0.39, 0.29) is 21.6 Å². The lowest BCUT2D eigenvalue weighted by atomic mass is 10.1. The second-order valence-electron chi connectivity index (χ2n) is 4.28. The molecule has 0 fully saturated rings. The molecule has 20 heavy (non-hydrogen) atoms. The number of carbonyl (C=O) groups is 1. The molecule has 1 rings (SSSR count). The van der Waals surface area contributed by atoms with Crippen LogP contribution in [0.2, 0.25) is 5.02 Å². The van der Waals surface area contributed by atoms with Gasteiger partial charge in [-0.3, -0.25) is 4.79 Å². The van der Waals surface area contributed by atoms with Gasteiger partial charge in [0.2, 0.25) is 0 Å². The van der Waals surface area contributed by atoms with Gasteiger partial charge in [0.15, 0.2) is 0 Å². The SMILES string of the molecule is COC(C)CNC(=O)c1cc(Cl)c(C)c(S(=O)(=O)Cl)c1. The maximum Gasteiger partial charge on any atom is 0.261 e. The highest BCUT2D eigenvalue weighted by atomic mass is 35.7. The zero-order chi connectivity index (χ0) is 15.5. The fourth-order valence-electron chi connectivity index (χ4n) is 1.46. The van der Waals surface area contributed by atoms with Crippen LogP contribution in [0.1, 0.15) is 22.8 Å². The Kier molecular flexibility index (Phi) is 5.82. The van der Waals surface area contributed by atoms with E-state index >= 15 is 0 Å². The first-order valence-corrected chi connectivity index (χ1v) is 8.41. The summed E-state index contributed by atoms with van der Waals surface area (Å²) in [6, 6.07) is 2.60. The fraction of sp³-hybridized carbons (Fsp3) is 0.417. The Bertz CT molecular complexity index is 616. The summed E-state index contributed by atoms with van der Waals surface area (Å²) in [5.74, 6) is -0.447. The average Bonchev–Trinajstić information content (AvgIpc) is 2.36. The lowest BCUT2D eigenvalue weighted by Gasteiger charge is -2.12. The third kappa shape index (κ3) is 4.34. The van der Waals surface area contributed by atoms with Gasteiger partial charge in [0.1, 0.15) is 0 Å². The number of rotatable bonds is 5. The van der Waals surface area contributed by atoms with Crippen molar-refractivity contribution in [1.29, 1.82) is 0 Å². The van der Waals surface area contributed by atoms with Gasteiger partial charge in [0, 0.05) is 34.9 Å². The first kappa shape index (κ1) is 17.2. The van der Waals surface area contributed by atoms with Crippen molar-refractivity contribution in [2.24, 2.45) is 0 Å². The van der Waals surface area contributed by atoms with Crippen molar-refractivity contribution in [1.82, 2.24) is 5.32 Å². The second kappa shape index (κ2) is 6.76. The lowest BCUT2D eigenvalue weighted by Crippen LogP contribution is -2.31. The van der Waals surface area contributed by atoms with Crippen LogP contribution >= 0.6 is 22.3 Å². The van der Waals surface area contributed by atoms with Crippen molar-refractivity contribution < 1.29 is 17.9 Å². The predicted octanol–water partition coefficient (Wildman–Crippen LogP) is 2.34. The fourth-order valence-corrected chi connectivity index (χ4v) is 2.96. The summed E-state index contributed by atoms with van der Waals surface area (Å²) < 4.78 is 27.9. The maximum atomic E-state index is 11.9. The highest BCUT2D eigenvalue weighted by Crippen LogP contribution is 2.27. The van der Waals surface area contributed by atoms with Gasteiger partial charge in [-0.2, -0.15) is 0 Å². The third-order valence-corrected chi connectivity index (χ3v) is 4.61. The molecular weight excluding hydrogens is 325 g/mol. The second-order valence-corrected chi connectivity index (χ2v) is 7.22. The molecule has 1 atom stereocenters. The molecule has 0 aliphatic heterocycles. The molecule has 0 aromatic heterocycles. The normalized spacial score (nSPS) is 13.1. The van der Waals surface area contributed by atoms with Crippen LogP contribution in [-0.2, 0) is 13.8 Å². The highest BCUT2D eigenvalue weighted by molar-refractivity contribution is 8.13. The van der Waals surface area contributed by atoms with Gasteiger partial charge < -0.3 is 10.1 Å². The zero-order valence-electron chi connectivity index (χ0n) is 11.2. The van der Waals surface area contributed by atoms with Crippen LogP contribution in [-0.4, -0.2) is 34.1 Å². The van der Waals surface area contributed by atoms with Crippen LogP contribution in [0.4, 0.5) is 0 Å². The van der Waals surface area contributed by atoms with Crippen LogP contribution in [0.15, 0.2) is 17.0 Å². The number of hydrogen-bond acceptors (Lipinski definition) is 4. The minimum Gasteiger partial charge on any atom is -0.380 e. The Hall–Kier alpha value is -0.820. The quantitative estimate of drug-likeness (QED) is 0.835. The minimum absolute atomic E-state index is 0.128. The number of ether oxygens (including phenoxy) is 1. The summed E-state index contributed by atoms with van der Waals surface area (Å²) in [7, 11) is 2.88. The molecule has 0 bridgehead atoms. The van der Waals surface area contributed by atoms with Crippen LogP contribution < -0.4 is 5.32 Å². The molecule has 1 N–H and O–H groups in total. The van der Waals surface area contributed by atoms with Gasteiger partial charge in [-0.25, -0.2) is 8.42 Å². The predicted molar refractivity (Wildman–Crippen MR) is 78.0 cm³/mol. The van der Waals surface area contributed by atoms with E-state index in [4.69, 9.17) is 27.0 Å². The number of nitrogens with one attached hydrogen (secondary N) is 1. The van der Waals surface area contributed by atoms with Gasteiger partial charge in [-0.15, -0.1) is 0 Å². The summed E-state index contributed by atoms with van der Waals surface area (Å²) in [5, 5.41) is 2.78. The van der Waals surface area contributed by atoms with Gasteiger partial charge in [0.25, 0.3) is 15.0 Å². The summed E-state index contributed by atoms with van der Waals surface area (Å²) in [6.07, 6.45) is -0.156. The van der Waals surface area contributed by atoms with E-state index in [9.17, 15) is 13.2 Å². The molecule has 1 aromatic rings. The number of hydrogen-bond donors (Lipinski definition) is 1. The number of carbonyl (C=O) groups excluding carboxylic acids is 1. The van der Waals surface area contributed by atoms with E-state index in [1.807, 2.05) is 0 Å². The average molecular weight is 340 g/mol. The molecule has 0 aliphatic rings. The number of halogens is 2. The minimum atomic E-state index is -3.96. The Morgan fingerprint density at radius 3 is 2.55 bits per heavy atom. The Morgan fingerprint density at radius 1 is 1.45 bits per heavy atom. The topological polar surface area (TPSA) is 72.5 Å². The van der Waals surface area contributed by atoms with Crippen LogP contribution in [0.3, 0.4) is 0 Å². The molecule has 0 radical (unpaired) electrons. The summed E-state index contributed by atoms with van der Waals surface area (Å²) in [6.45, 7) is 3.60. The molecule has 0 spiro atoms. The Labute approximate surface area is 127 Å². The smallest absolute Gasteiger partial charge is 0.261 e. The van der Waals surface area contributed by atoms with Crippen molar-refractivity contribution >= 4 is 37.2 Å². The molecule has 8 heteroatoms. The van der Waals surface area contributed by atoms with Crippen molar-refractivity contribution in [3.8, 4) is 0 Å². The zero-order valence-corrected chi connectivity index (χ0v) is 13.6. The highest BCUT2D eigenvalue weighted by Gasteiger charge is 2.19. The van der Waals surface area contributed by atoms with Crippen molar-refractivity contribution in [2.45, 2.75) is 24.8 Å². The van der Waals surface area contributed by atoms with Gasteiger partial charge >= 0.3 is 0 Å². The van der Waals surface area contributed by atoms with E-state index in [0.29, 0.717) is 12.1 Å².